The first-order valence-corrected chi connectivity index (χ1v) is 6.25. The van der Waals surface area contributed by atoms with E-state index < -0.39 is 0 Å². The van der Waals surface area contributed by atoms with Crippen LogP contribution in [0.2, 0.25) is 0 Å². The van der Waals surface area contributed by atoms with Crippen LogP contribution in [-0.4, -0.2) is 14.6 Å². The van der Waals surface area contributed by atoms with E-state index in [1.807, 2.05) is 11.6 Å². The third-order valence-electron chi connectivity index (χ3n) is 2.08. The molecule has 0 saturated heterocycles. The van der Waals surface area contributed by atoms with Crippen LogP contribution in [0.5, 0.6) is 0 Å². The molecule has 80 valence electrons. The summed E-state index contributed by atoms with van der Waals surface area (Å²) in [5.74, 6) is 0. The summed E-state index contributed by atoms with van der Waals surface area (Å²) >= 11 is 3.09. The highest BCUT2D eigenvalue weighted by Gasteiger charge is 2.22. The molecule has 0 aliphatic carbocycles. The van der Waals surface area contributed by atoms with Crippen LogP contribution < -0.4 is 5.32 Å². The van der Waals surface area contributed by atoms with Gasteiger partial charge in [-0.2, -0.15) is 0 Å². The number of hydrogen-bond donors (Lipinski definition) is 1. The highest BCUT2D eigenvalue weighted by Crippen LogP contribution is 2.22. The van der Waals surface area contributed by atoms with Crippen molar-refractivity contribution >= 4 is 22.9 Å². The zero-order chi connectivity index (χ0) is 10.7. The molecule has 0 aliphatic heterocycles. The molecule has 0 bridgehead atoms. The quantitative estimate of drug-likeness (QED) is 0.888. The van der Waals surface area contributed by atoms with Gasteiger partial charge in [0.05, 0.1) is 16.6 Å². The van der Waals surface area contributed by atoms with Gasteiger partial charge in [-0.15, -0.1) is 16.4 Å². The molecule has 4 nitrogen and oxygen atoms in total. The Balaban J connectivity index is 1.99. The molecule has 0 radical (unpaired) electrons. The van der Waals surface area contributed by atoms with Crippen LogP contribution in [0.4, 0.5) is 0 Å². The molecule has 2 aromatic heterocycles. The Kier molecular flexibility index (Phi) is 3.08. The van der Waals surface area contributed by atoms with Gasteiger partial charge in [-0.05, 0) is 25.4 Å². The van der Waals surface area contributed by atoms with Gasteiger partial charge < -0.3 is 5.32 Å². The van der Waals surface area contributed by atoms with Crippen molar-refractivity contribution in [3.63, 3.8) is 0 Å². The lowest BCUT2D eigenvalue weighted by Gasteiger charge is -2.23. The van der Waals surface area contributed by atoms with Gasteiger partial charge in [0.15, 0.2) is 0 Å². The number of rotatable bonds is 4. The van der Waals surface area contributed by atoms with Crippen molar-refractivity contribution in [2.75, 3.05) is 0 Å². The number of hydrogen-bond acceptors (Lipinski definition) is 6. The molecular weight excluding hydrogens is 228 g/mol. The van der Waals surface area contributed by atoms with Gasteiger partial charge in [-0.25, -0.2) is 4.98 Å². The molecule has 1 N–H and O–H groups in total. The Morgan fingerprint density at radius 1 is 1.47 bits per heavy atom. The van der Waals surface area contributed by atoms with E-state index in [9.17, 15) is 0 Å². The minimum absolute atomic E-state index is 0.0991. The van der Waals surface area contributed by atoms with Crippen LogP contribution in [-0.2, 0) is 12.1 Å². The second kappa shape index (κ2) is 4.34. The molecule has 2 rings (SSSR count). The molecule has 2 heterocycles. The Hall–Kier alpha value is -0.850. The lowest BCUT2D eigenvalue weighted by molar-refractivity contribution is 0.401. The van der Waals surface area contributed by atoms with Gasteiger partial charge in [-0.3, -0.25) is 0 Å². The van der Waals surface area contributed by atoms with Crippen LogP contribution >= 0.6 is 22.9 Å². The fourth-order valence-corrected chi connectivity index (χ4v) is 2.35. The molecule has 0 fully saturated rings. The largest absolute Gasteiger partial charge is 0.301 e. The number of nitrogens with zero attached hydrogens (tertiary/aromatic N) is 3. The first-order chi connectivity index (χ1) is 7.18. The average Bonchev–Trinajstić information content (AvgIpc) is 2.88. The fraction of sp³-hybridized carbons (Fsp3) is 0.444. The second-order valence-corrected chi connectivity index (χ2v) is 5.46. The van der Waals surface area contributed by atoms with Crippen molar-refractivity contribution in [1.29, 1.82) is 0 Å². The van der Waals surface area contributed by atoms with Crippen molar-refractivity contribution in [3.8, 4) is 0 Å². The lowest BCUT2D eigenvalue weighted by atomic mass is 10.1. The molecule has 0 saturated carbocycles. The van der Waals surface area contributed by atoms with Crippen molar-refractivity contribution in [1.82, 2.24) is 19.9 Å². The summed E-state index contributed by atoms with van der Waals surface area (Å²) in [5.41, 5.74) is -0.0991. The van der Waals surface area contributed by atoms with E-state index in [1.165, 1.54) is 11.5 Å². The Morgan fingerprint density at radius 2 is 2.33 bits per heavy atom. The molecule has 2 aromatic rings. The van der Waals surface area contributed by atoms with Gasteiger partial charge in [0.1, 0.15) is 5.01 Å². The van der Waals surface area contributed by atoms with Gasteiger partial charge in [0.2, 0.25) is 0 Å². The molecule has 0 amide bonds. The predicted octanol–water partition coefficient (Wildman–Crippen LogP) is 2.02. The summed E-state index contributed by atoms with van der Waals surface area (Å²) in [5, 5.41) is 10.3. The van der Waals surface area contributed by atoms with E-state index >= 15 is 0 Å². The highest BCUT2D eigenvalue weighted by atomic mass is 32.1. The van der Waals surface area contributed by atoms with Crippen molar-refractivity contribution in [3.05, 3.63) is 27.7 Å². The van der Waals surface area contributed by atoms with Crippen molar-refractivity contribution < 1.29 is 0 Å². The summed E-state index contributed by atoms with van der Waals surface area (Å²) < 4.78 is 3.82. The van der Waals surface area contributed by atoms with Crippen molar-refractivity contribution in [2.24, 2.45) is 0 Å². The Morgan fingerprint density at radius 3 is 2.93 bits per heavy atom. The zero-order valence-corrected chi connectivity index (χ0v) is 10.2. The number of nitrogens with one attached hydrogen (secondary N) is 1. The average molecular weight is 240 g/mol. The minimum atomic E-state index is -0.0991. The van der Waals surface area contributed by atoms with E-state index in [4.69, 9.17) is 0 Å². The van der Waals surface area contributed by atoms with Gasteiger partial charge in [-0.1, -0.05) is 4.49 Å². The number of aromatic nitrogens is 3. The third kappa shape index (κ3) is 2.58. The Labute approximate surface area is 96.5 Å². The minimum Gasteiger partial charge on any atom is -0.301 e. The summed E-state index contributed by atoms with van der Waals surface area (Å²) in [6, 6.07) is 0. The SMILES string of the molecule is CC(C)(NCc1cnns1)c1nccs1. The van der Waals surface area contributed by atoms with Crippen LogP contribution in [0.1, 0.15) is 23.7 Å². The van der Waals surface area contributed by atoms with E-state index in [1.54, 1.807) is 17.5 Å². The predicted molar refractivity (Wildman–Crippen MR) is 61.9 cm³/mol. The molecule has 0 aromatic carbocycles. The van der Waals surface area contributed by atoms with Crippen molar-refractivity contribution in [2.45, 2.75) is 25.9 Å². The molecule has 6 heteroatoms. The molecule has 0 atom stereocenters. The number of thiazole rings is 1. The van der Waals surface area contributed by atoms with E-state index in [-0.39, 0.29) is 5.54 Å². The third-order valence-corrected chi connectivity index (χ3v) is 3.84. The second-order valence-electron chi connectivity index (χ2n) is 3.70. The van der Waals surface area contributed by atoms with Gasteiger partial charge in [0, 0.05) is 18.1 Å². The van der Waals surface area contributed by atoms with Crippen LogP contribution in [0.15, 0.2) is 17.8 Å². The summed E-state index contributed by atoms with van der Waals surface area (Å²) in [4.78, 5) is 5.45. The maximum absolute atomic E-state index is 4.32. The van der Waals surface area contributed by atoms with E-state index in [0.29, 0.717) is 0 Å². The highest BCUT2D eigenvalue weighted by molar-refractivity contribution is 7.09. The summed E-state index contributed by atoms with van der Waals surface area (Å²) in [7, 11) is 0. The topological polar surface area (TPSA) is 50.7 Å². The molecule has 0 aliphatic rings. The van der Waals surface area contributed by atoms with Crippen LogP contribution in [0.25, 0.3) is 0 Å². The van der Waals surface area contributed by atoms with Gasteiger partial charge in [0.25, 0.3) is 0 Å². The smallest absolute Gasteiger partial charge is 0.112 e. The van der Waals surface area contributed by atoms with Gasteiger partial charge >= 0.3 is 0 Å². The lowest BCUT2D eigenvalue weighted by Crippen LogP contribution is -2.35. The maximum atomic E-state index is 4.32. The molecule has 0 unspecified atom stereocenters. The zero-order valence-electron chi connectivity index (χ0n) is 8.60. The van der Waals surface area contributed by atoms with E-state index in [0.717, 1.165) is 16.4 Å². The standard InChI is InChI=1S/C9H12N4S2/c1-9(2,8-10-3-4-14-8)11-5-7-6-12-13-15-7/h3-4,6,11H,5H2,1-2H3. The maximum Gasteiger partial charge on any atom is 0.112 e. The van der Waals surface area contributed by atoms with E-state index in [2.05, 4.69) is 33.7 Å². The van der Waals surface area contributed by atoms with Crippen LogP contribution in [0, 0.1) is 0 Å². The molecular formula is C9H12N4S2. The summed E-state index contributed by atoms with van der Waals surface area (Å²) in [6.07, 6.45) is 3.62. The summed E-state index contributed by atoms with van der Waals surface area (Å²) in [6.45, 7) is 5.03. The normalized spacial score (nSPS) is 11.9. The molecule has 0 spiro atoms. The Bertz CT molecular complexity index is 394. The fourth-order valence-electron chi connectivity index (χ4n) is 1.18. The van der Waals surface area contributed by atoms with Crippen LogP contribution in [0.3, 0.4) is 0 Å². The monoisotopic (exact) mass is 240 g/mol. The first kappa shape index (κ1) is 10.7. The molecule has 15 heavy (non-hydrogen) atoms. The first-order valence-electron chi connectivity index (χ1n) is 4.60.